The van der Waals surface area contributed by atoms with Gasteiger partial charge in [0.1, 0.15) is 17.4 Å². The van der Waals surface area contributed by atoms with E-state index >= 15 is 0 Å². The highest BCUT2D eigenvalue weighted by atomic mass is 16.5. The van der Waals surface area contributed by atoms with Crippen LogP contribution in [0.1, 0.15) is 18.8 Å². The van der Waals surface area contributed by atoms with E-state index in [1.165, 1.54) is 0 Å². The van der Waals surface area contributed by atoms with Crippen LogP contribution in [-0.4, -0.2) is 17.1 Å². The van der Waals surface area contributed by atoms with Gasteiger partial charge in [-0.2, -0.15) is 0 Å². The number of hydrogen-bond acceptors (Lipinski definition) is 5. The lowest BCUT2D eigenvalue weighted by atomic mass is 10.2. The predicted octanol–water partition coefficient (Wildman–Crippen LogP) is 1.24. The maximum atomic E-state index is 5.84. The Morgan fingerprint density at radius 2 is 2.06 bits per heavy atom. The van der Waals surface area contributed by atoms with Crippen LogP contribution in [-0.2, 0) is 0 Å². The first-order chi connectivity index (χ1) is 7.61. The van der Waals surface area contributed by atoms with Crippen LogP contribution >= 0.6 is 0 Å². The molecule has 16 heavy (non-hydrogen) atoms. The number of nitrogens with zero attached hydrogens (tertiary/aromatic N) is 2. The van der Waals surface area contributed by atoms with Crippen molar-refractivity contribution in [2.75, 3.05) is 12.8 Å². The molecule has 1 aromatic carbocycles. The zero-order valence-corrected chi connectivity index (χ0v) is 9.27. The minimum absolute atomic E-state index is 0.238. The third-order valence-electron chi connectivity index (χ3n) is 2.36. The van der Waals surface area contributed by atoms with Crippen molar-refractivity contribution in [3.05, 3.63) is 24.0 Å². The minimum atomic E-state index is -0.238. The molecule has 5 heteroatoms. The first kappa shape index (κ1) is 10.6. The van der Waals surface area contributed by atoms with Gasteiger partial charge in [-0.25, -0.2) is 9.97 Å². The summed E-state index contributed by atoms with van der Waals surface area (Å²) in [4.78, 5) is 8.51. The fourth-order valence-electron chi connectivity index (χ4n) is 1.48. The summed E-state index contributed by atoms with van der Waals surface area (Å²) >= 11 is 0. The second-order valence-electron chi connectivity index (χ2n) is 3.64. The number of ether oxygens (including phenoxy) is 1. The second kappa shape index (κ2) is 3.94. The van der Waals surface area contributed by atoms with E-state index in [0.29, 0.717) is 11.6 Å². The number of rotatable bonds is 2. The molecule has 0 bridgehead atoms. The van der Waals surface area contributed by atoms with Gasteiger partial charge in [0, 0.05) is 11.5 Å². The molecule has 4 N–H and O–H groups in total. The maximum absolute atomic E-state index is 5.84. The molecule has 1 atom stereocenters. The molecule has 1 heterocycles. The summed E-state index contributed by atoms with van der Waals surface area (Å²) in [5.74, 6) is 1.72. The number of anilines is 1. The zero-order chi connectivity index (χ0) is 11.7. The van der Waals surface area contributed by atoms with Gasteiger partial charge in [-0.3, -0.25) is 0 Å². The average molecular weight is 218 g/mol. The molecule has 84 valence electrons. The van der Waals surface area contributed by atoms with Crippen molar-refractivity contribution in [2.24, 2.45) is 5.73 Å². The summed E-state index contributed by atoms with van der Waals surface area (Å²) in [5.41, 5.74) is 12.3. The molecular formula is C11H14N4O. The van der Waals surface area contributed by atoms with Crippen molar-refractivity contribution in [1.82, 2.24) is 9.97 Å². The molecular weight excluding hydrogens is 204 g/mol. The Morgan fingerprint density at radius 1 is 1.31 bits per heavy atom. The molecule has 0 aliphatic heterocycles. The van der Waals surface area contributed by atoms with Crippen molar-refractivity contribution in [3.8, 4) is 5.75 Å². The first-order valence-electron chi connectivity index (χ1n) is 4.98. The Morgan fingerprint density at radius 3 is 2.69 bits per heavy atom. The number of methoxy groups -OCH3 is 1. The van der Waals surface area contributed by atoms with E-state index < -0.39 is 0 Å². The normalized spacial score (nSPS) is 12.7. The van der Waals surface area contributed by atoms with E-state index in [0.717, 1.165) is 16.7 Å². The lowest BCUT2D eigenvalue weighted by Crippen LogP contribution is -2.11. The lowest BCUT2D eigenvalue weighted by molar-refractivity contribution is 0.415. The maximum Gasteiger partial charge on any atom is 0.147 e. The standard InChI is InChI=1S/C11H14N4O/c1-6(12)11-14-9-5-7(16-2)3-4-8(9)10(13)15-11/h3-6H,12H2,1-2H3,(H2,13,14,15). The molecule has 0 radical (unpaired) electrons. The van der Waals surface area contributed by atoms with Gasteiger partial charge in [-0.05, 0) is 19.1 Å². The molecule has 0 saturated heterocycles. The SMILES string of the molecule is COc1ccc2c(N)nc(C(C)N)nc2c1. The van der Waals surface area contributed by atoms with E-state index in [2.05, 4.69) is 9.97 Å². The first-order valence-corrected chi connectivity index (χ1v) is 4.98. The topological polar surface area (TPSA) is 87.0 Å². The van der Waals surface area contributed by atoms with Gasteiger partial charge in [0.15, 0.2) is 0 Å². The fraction of sp³-hybridized carbons (Fsp3) is 0.273. The highest BCUT2D eigenvalue weighted by Crippen LogP contribution is 2.23. The van der Waals surface area contributed by atoms with Crippen molar-refractivity contribution in [3.63, 3.8) is 0 Å². The predicted molar refractivity (Wildman–Crippen MR) is 63.1 cm³/mol. The van der Waals surface area contributed by atoms with Gasteiger partial charge in [-0.15, -0.1) is 0 Å². The Kier molecular flexibility index (Phi) is 2.62. The Labute approximate surface area is 93.4 Å². The molecule has 0 aliphatic carbocycles. The van der Waals surface area contributed by atoms with Gasteiger partial charge < -0.3 is 16.2 Å². The van der Waals surface area contributed by atoms with Crippen LogP contribution in [0, 0.1) is 0 Å². The third kappa shape index (κ3) is 1.77. The Hall–Kier alpha value is -1.88. The minimum Gasteiger partial charge on any atom is -0.497 e. The van der Waals surface area contributed by atoms with Crippen LogP contribution in [0.5, 0.6) is 5.75 Å². The molecule has 0 amide bonds. The Bertz CT molecular complexity index is 525. The van der Waals surface area contributed by atoms with Crippen LogP contribution in [0.3, 0.4) is 0 Å². The molecule has 1 aromatic heterocycles. The number of hydrogen-bond donors (Lipinski definition) is 2. The van der Waals surface area contributed by atoms with Crippen molar-refractivity contribution in [1.29, 1.82) is 0 Å². The second-order valence-corrected chi connectivity index (χ2v) is 3.64. The summed E-state index contributed by atoms with van der Waals surface area (Å²) in [6.45, 7) is 1.82. The molecule has 2 rings (SSSR count). The van der Waals surface area contributed by atoms with E-state index in [1.807, 2.05) is 25.1 Å². The fourth-order valence-corrected chi connectivity index (χ4v) is 1.48. The van der Waals surface area contributed by atoms with Crippen molar-refractivity contribution < 1.29 is 4.74 Å². The highest BCUT2D eigenvalue weighted by Gasteiger charge is 2.08. The van der Waals surface area contributed by atoms with Crippen LogP contribution in [0.25, 0.3) is 10.9 Å². The van der Waals surface area contributed by atoms with E-state index in [4.69, 9.17) is 16.2 Å². The average Bonchev–Trinajstić information content (AvgIpc) is 2.28. The molecule has 5 nitrogen and oxygen atoms in total. The van der Waals surface area contributed by atoms with Crippen molar-refractivity contribution in [2.45, 2.75) is 13.0 Å². The molecule has 0 spiro atoms. The molecule has 0 aliphatic rings. The largest absolute Gasteiger partial charge is 0.497 e. The number of nitrogen functional groups attached to an aromatic ring is 1. The zero-order valence-electron chi connectivity index (χ0n) is 9.27. The van der Waals surface area contributed by atoms with Gasteiger partial charge >= 0.3 is 0 Å². The van der Waals surface area contributed by atoms with E-state index in [1.54, 1.807) is 7.11 Å². The summed E-state index contributed by atoms with van der Waals surface area (Å²) < 4.78 is 5.13. The van der Waals surface area contributed by atoms with Gasteiger partial charge in [0.2, 0.25) is 0 Å². The molecule has 0 saturated carbocycles. The van der Waals surface area contributed by atoms with Gasteiger partial charge in [0.25, 0.3) is 0 Å². The number of fused-ring (bicyclic) bond motifs is 1. The van der Waals surface area contributed by atoms with E-state index in [9.17, 15) is 0 Å². The molecule has 1 unspecified atom stereocenters. The van der Waals surface area contributed by atoms with Crippen LogP contribution in [0.15, 0.2) is 18.2 Å². The Balaban J connectivity index is 2.68. The van der Waals surface area contributed by atoms with Gasteiger partial charge in [0.05, 0.1) is 18.7 Å². The van der Waals surface area contributed by atoms with Gasteiger partial charge in [-0.1, -0.05) is 0 Å². The summed E-state index contributed by atoms with van der Waals surface area (Å²) in [6.07, 6.45) is 0. The molecule has 2 aromatic rings. The monoisotopic (exact) mass is 218 g/mol. The summed E-state index contributed by atoms with van der Waals surface area (Å²) in [6, 6.07) is 5.25. The van der Waals surface area contributed by atoms with Crippen molar-refractivity contribution >= 4 is 16.7 Å². The lowest BCUT2D eigenvalue weighted by Gasteiger charge is -2.08. The summed E-state index contributed by atoms with van der Waals surface area (Å²) in [5, 5.41) is 0.810. The third-order valence-corrected chi connectivity index (χ3v) is 2.36. The highest BCUT2D eigenvalue weighted by molar-refractivity contribution is 5.88. The number of benzene rings is 1. The number of nitrogens with two attached hydrogens (primary N) is 2. The molecule has 0 fully saturated rings. The van der Waals surface area contributed by atoms with Crippen LogP contribution < -0.4 is 16.2 Å². The van der Waals surface area contributed by atoms with Crippen LogP contribution in [0.2, 0.25) is 0 Å². The summed E-state index contributed by atoms with van der Waals surface area (Å²) in [7, 11) is 1.61. The van der Waals surface area contributed by atoms with E-state index in [-0.39, 0.29) is 6.04 Å². The van der Waals surface area contributed by atoms with Crippen LogP contribution in [0.4, 0.5) is 5.82 Å². The quantitative estimate of drug-likeness (QED) is 0.791. The number of aromatic nitrogens is 2. The smallest absolute Gasteiger partial charge is 0.147 e.